The van der Waals surface area contributed by atoms with E-state index in [1.165, 1.54) is 24.3 Å². The van der Waals surface area contributed by atoms with Crippen molar-refractivity contribution >= 4 is 10.0 Å². The number of rotatable bonds is 7. The maximum atomic E-state index is 11.9. The van der Waals surface area contributed by atoms with Crippen LogP contribution in [0.4, 0.5) is 0 Å². The molecule has 0 aromatic heterocycles. The summed E-state index contributed by atoms with van der Waals surface area (Å²) in [6.45, 7) is 2.57. The number of unbranched alkanes of at least 4 members (excludes halogenated alkanes) is 3. The molecule has 0 saturated heterocycles. The average Bonchev–Trinajstić information content (AvgIpc) is 2.38. The molecule has 18 heavy (non-hydrogen) atoms. The van der Waals surface area contributed by atoms with Gasteiger partial charge in [0.05, 0.1) is 16.5 Å². The molecule has 0 bridgehead atoms. The van der Waals surface area contributed by atoms with Crippen LogP contribution in [0.2, 0.25) is 0 Å². The molecule has 0 saturated carbocycles. The molecule has 0 fully saturated rings. The normalized spacial score (nSPS) is 11.1. The van der Waals surface area contributed by atoms with Gasteiger partial charge in [0.2, 0.25) is 10.0 Å². The summed E-state index contributed by atoms with van der Waals surface area (Å²) in [7, 11) is -3.43. The number of nitrogens with one attached hydrogen (secondary N) is 1. The summed E-state index contributed by atoms with van der Waals surface area (Å²) in [5.41, 5.74) is 0.455. The van der Waals surface area contributed by atoms with E-state index >= 15 is 0 Å². The molecule has 0 aliphatic heterocycles. The quantitative estimate of drug-likeness (QED) is 0.770. The molecule has 1 N–H and O–H groups in total. The lowest BCUT2D eigenvalue weighted by atomic mass is 10.2. The van der Waals surface area contributed by atoms with Crippen LogP contribution in [0.5, 0.6) is 0 Å². The third kappa shape index (κ3) is 4.47. The first kappa shape index (κ1) is 14.7. The second kappa shape index (κ2) is 7.14. The van der Waals surface area contributed by atoms with Gasteiger partial charge < -0.3 is 0 Å². The number of sulfonamides is 1. The fraction of sp³-hybridized carbons (Fsp3) is 0.462. The minimum atomic E-state index is -3.43. The van der Waals surface area contributed by atoms with Crippen LogP contribution < -0.4 is 4.72 Å². The van der Waals surface area contributed by atoms with E-state index in [4.69, 9.17) is 5.26 Å². The first-order valence-electron chi connectivity index (χ1n) is 6.10. The van der Waals surface area contributed by atoms with Gasteiger partial charge in [-0.2, -0.15) is 5.26 Å². The first-order chi connectivity index (χ1) is 8.60. The van der Waals surface area contributed by atoms with Gasteiger partial charge in [-0.15, -0.1) is 0 Å². The molecule has 5 heteroatoms. The largest absolute Gasteiger partial charge is 0.240 e. The Morgan fingerprint density at radius 3 is 2.39 bits per heavy atom. The van der Waals surface area contributed by atoms with E-state index in [9.17, 15) is 8.42 Å². The van der Waals surface area contributed by atoms with Crippen molar-refractivity contribution in [2.45, 2.75) is 37.5 Å². The Kier molecular flexibility index (Phi) is 5.83. The standard InChI is InChI=1S/C13H18N2O2S/c1-2-3-4-5-10-15-18(16,17)13-8-6-12(11-14)7-9-13/h6-9,15H,2-5,10H2,1H3. The maximum absolute atomic E-state index is 11.9. The molecular formula is C13H18N2O2S. The zero-order valence-corrected chi connectivity index (χ0v) is 11.3. The van der Waals surface area contributed by atoms with E-state index in [0.717, 1.165) is 25.7 Å². The van der Waals surface area contributed by atoms with Crippen molar-refractivity contribution in [1.82, 2.24) is 4.72 Å². The molecule has 0 heterocycles. The van der Waals surface area contributed by atoms with E-state index in [0.29, 0.717) is 12.1 Å². The summed E-state index contributed by atoms with van der Waals surface area (Å²) < 4.78 is 26.3. The molecule has 0 atom stereocenters. The number of nitrogens with zero attached hydrogens (tertiary/aromatic N) is 1. The Labute approximate surface area is 109 Å². The Hall–Kier alpha value is -1.38. The highest BCUT2D eigenvalue weighted by molar-refractivity contribution is 7.89. The third-order valence-corrected chi connectivity index (χ3v) is 4.09. The summed E-state index contributed by atoms with van der Waals surface area (Å²) in [6.07, 6.45) is 4.14. The van der Waals surface area contributed by atoms with E-state index in [1.54, 1.807) is 0 Å². The zero-order valence-electron chi connectivity index (χ0n) is 10.5. The lowest BCUT2D eigenvalue weighted by Gasteiger charge is -2.06. The topological polar surface area (TPSA) is 70.0 Å². The van der Waals surface area contributed by atoms with Crippen molar-refractivity contribution < 1.29 is 8.42 Å². The molecule has 0 spiro atoms. The Morgan fingerprint density at radius 1 is 1.17 bits per heavy atom. The Morgan fingerprint density at radius 2 is 1.83 bits per heavy atom. The van der Waals surface area contributed by atoms with E-state index < -0.39 is 10.0 Å². The first-order valence-corrected chi connectivity index (χ1v) is 7.58. The van der Waals surface area contributed by atoms with Crippen molar-refractivity contribution in [3.63, 3.8) is 0 Å². The third-order valence-electron chi connectivity index (χ3n) is 2.62. The maximum Gasteiger partial charge on any atom is 0.240 e. The molecule has 0 aliphatic rings. The fourth-order valence-electron chi connectivity index (χ4n) is 1.55. The lowest BCUT2D eigenvalue weighted by molar-refractivity contribution is 0.573. The summed E-state index contributed by atoms with van der Waals surface area (Å²) >= 11 is 0. The number of benzene rings is 1. The summed E-state index contributed by atoms with van der Waals surface area (Å²) in [5, 5.41) is 8.64. The van der Waals surface area contributed by atoms with Crippen LogP contribution in [0.15, 0.2) is 29.2 Å². The highest BCUT2D eigenvalue weighted by Gasteiger charge is 2.12. The monoisotopic (exact) mass is 266 g/mol. The van der Waals surface area contributed by atoms with Crippen LogP contribution in [0.3, 0.4) is 0 Å². The zero-order chi connectivity index (χ0) is 13.4. The second-order valence-corrected chi connectivity index (χ2v) is 5.86. The van der Waals surface area contributed by atoms with Crippen molar-refractivity contribution in [2.75, 3.05) is 6.54 Å². The van der Waals surface area contributed by atoms with Gasteiger partial charge in [-0.25, -0.2) is 13.1 Å². The van der Waals surface area contributed by atoms with Crippen molar-refractivity contribution in [1.29, 1.82) is 5.26 Å². The molecule has 4 nitrogen and oxygen atoms in total. The van der Waals surface area contributed by atoms with Gasteiger partial charge in [-0.05, 0) is 30.7 Å². The van der Waals surface area contributed by atoms with E-state index in [-0.39, 0.29) is 4.90 Å². The fourth-order valence-corrected chi connectivity index (χ4v) is 2.62. The number of nitriles is 1. The molecule has 0 amide bonds. The van der Waals surface area contributed by atoms with Gasteiger partial charge in [0.25, 0.3) is 0 Å². The SMILES string of the molecule is CCCCCCNS(=O)(=O)c1ccc(C#N)cc1. The van der Waals surface area contributed by atoms with Gasteiger partial charge >= 0.3 is 0 Å². The molecule has 0 unspecified atom stereocenters. The van der Waals surface area contributed by atoms with Crippen molar-refractivity contribution in [3.8, 4) is 6.07 Å². The highest BCUT2D eigenvalue weighted by Crippen LogP contribution is 2.10. The predicted molar refractivity (Wildman–Crippen MR) is 70.5 cm³/mol. The highest BCUT2D eigenvalue weighted by atomic mass is 32.2. The van der Waals surface area contributed by atoms with Crippen molar-refractivity contribution in [3.05, 3.63) is 29.8 Å². The summed E-state index contributed by atoms with van der Waals surface area (Å²) in [5.74, 6) is 0. The van der Waals surface area contributed by atoms with Crippen LogP contribution in [-0.4, -0.2) is 15.0 Å². The van der Waals surface area contributed by atoms with E-state index in [1.807, 2.05) is 6.07 Å². The van der Waals surface area contributed by atoms with Crippen LogP contribution in [0.25, 0.3) is 0 Å². The molecule has 1 aromatic carbocycles. The van der Waals surface area contributed by atoms with Crippen LogP contribution >= 0.6 is 0 Å². The average molecular weight is 266 g/mol. The minimum absolute atomic E-state index is 0.206. The molecule has 0 aliphatic carbocycles. The van der Waals surface area contributed by atoms with Gasteiger partial charge in [-0.3, -0.25) is 0 Å². The smallest absolute Gasteiger partial charge is 0.211 e. The molecular weight excluding hydrogens is 248 g/mol. The van der Waals surface area contributed by atoms with E-state index in [2.05, 4.69) is 11.6 Å². The molecule has 1 rings (SSSR count). The predicted octanol–water partition coefficient (Wildman–Crippen LogP) is 2.42. The van der Waals surface area contributed by atoms with Gasteiger partial charge in [0.15, 0.2) is 0 Å². The Bertz CT molecular complexity index is 501. The summed E-state index contributed by atoms with van der Waals surface area (Å²) in [4.78, 5) is 0.206. The minimum Gasteiger partial charge on any atom is -0.211 e. The van der Waals surface area contributed by atoms with Crippen LogP contribution in [0.1, 0.15) is 38.2 Å². The van der Waals surface area contributed by atoms with Gasteiger partial charge in [0, 0.05) is 6.54 Å². The second-order valence-electron chi connectivity index (χ2n) is 4.09. The number of hydrogen-bond donors (Lipinski definition) is 1. The van der Waals surface area contributed by atoms with Gasteiger partial charge in [0.1, 0.15) is 0 Å². The van der Waals surface area contributed by atoms with Gasteiger partial charge in [-0.1, -0.05) is 26.2 Å². The van der Waals surface area contributed by atoms with Crippen LogP contribution in [0, 0.1) is 11.3 Å². The van der Waals surface area contributed by atoms with Crippen LogP contribution in [-0.2, 0) is 10.0 Å². The molecule has 1 aromatic rings. The molecule has 98 valence electrons. The molecule has 0 radical (unpaired) electrons. The Balaban J connectivity index is 2.55. The lowest BCUT2D eigenvalue weighted by Crippen LogP contribution is -2.24. The number of hydrogen-bond acceptors (Lipinski definition) is 3. The van der Waals surface area contributed by atoms with Crippen molar-refractivity contribution in [2.24, 2.45) is 0 Å². The summed E-state index contributed by atoms with van der Waals surface area (Å²) in [6, 6.07) is 7.87.